The summed E-state index contributed by atoms with van der Waals surface area (Å²) in [7, 11) is 1.69. The van der Waals surface area contributed by atoms with Crippen molar-refractivity contribution in [3.05, 3.63) is 71.4 Å². The predicted molar refractivity (Wildman–Crippen MR) is 95.4 cm³/mol. The van der Waals surface area contributed by atoms with E-state index in [1.54, 1.807) is 7.11 Å². The van der Waals surface area contributed by atoms with Crippen molar-refractivity contribution in [2.45, 2.75) is 6.42 Å². The molecule has 0 radical (unpaired) electrons. The molecule has 0 aliphatic carbocycles. The lowest BCUT2D eigenvalue weighted by Gasteiger charge is -2.10. The highest BCUT2D eigenvalue weighted by atomic mass is 16.5. The number of fused-ring (bicyclic) bond motifs is 3. The number of aromatic nitrogens is 1. The third-order valence-electron chi connectivity index (χ3n) is 4.25. The molecule has 4 rings (SSSR count). The summed E-state index contributed by atoms with van der Waals surface area (Å²) < 4.78 is 5.32. The van der Waals surface area contributed by atoms with Gasteiger partial charge in [-0.15, -0.1) is 0 Å². The summed E-state index contributed by atoms with van der Waals surface area (Å²) in [5, 5.41) is 1.27. The molecular formula is C20H18N2O. The van der Waals surface area contributed by atoms with Crippen LogP contribution in [0.25, 0.3) is 17.0 Å². The van der Waals surface area contributed by atoms with Gasteiger partial charge in [0.1, 0.15) is 5.75 Å². The number of allylic oxidation sites excluding steroid dienone is 1. The number of rotatable bonds is 3. The molecule has 0 spiro atoms. The molecule has 3 heteroatoms. The molecule has 2 aromatic carbocycles. The van der Waals surface area contributed by atoms with Gasteiger partial charge in [0.15, 0.2) is 0 Å². The third kappa shape index (κ3) is 2.55. The molecule has 0 unspecified atom stereocenters. The topological polar surface area (TPSA) is 37.4 Å². The monoisotopic (exact) mass is 302 g/mol. The minimum Gasteiger partial charge on any atom is -0.497 e. The number of hydrogen-bond acceptors (Lipinski definition) is 2. The van der Waals surface area contributed by atoms with Crippen LogP contribution in [-0.4, -0.2) is 24.4 Å². The number of nitrogens with zero attached hydrogens (tertiary/aromatic N) is 1. The Morgan fingerprint density at radius 3 is 2.78 bits per heavy atom. The molecule has 114 valence electrons. The Bertz CT molecular complexity index is 904. The van der Waals surface area contributed by atoms with Crippen LogP contribution in [0, 0.1) is 0 Å². The molecule has 0 amide bonds. The SMILES string of the molecule is COc1ccc2c3c([nH]c2c1)C(/C=C\c1ccccc1)=NCC3. The zero-order chi connectivity index (χ0) is 15.6. The van der Waals surface area contributed by atoms with E-state index in [0.717, 1.165) is 35.6 Å². The number of H-pyrrole nitrogens is 1. The van der Waals surface area contributed by atoms with E-state index < -0.39 is 0 Å². The van der Waals surface area contributed by atoms with Gasteiger partial charge in [-0.2, -0.15) is 0 Å². The number of methoxy groups -OCH3 is 1. The Kier molecular flexibility index (Phi) is 3.46. The van der Waals surface area contributed by atoms with Crippen molar-refractivity contribution in [2.24, 2.45) is 4.99 Å². The van der Waals surface area contributed by atoms with E-state index >= 15 is 0 Å². The van der Waals surface area contributed by atoms with Crippen molar-refractivity contribution in [1.29, 1.82) is 0 Å². The lowest BCUT2D eigenvalue weighted by atomic mass is 10.0. The average molecular weight is 302 g/mol. The minimum atomic E-state index is 0.834. The van der Waals surface area contributed by atoms with Gasteiger partial charge < -0.3 is 9.72 Å². The second kappa shape index (κ2) is 5.76. The summed E-state index contributed by atoms with van der Waals surface area (Å²) in [5.74, 6) is 0.870. The van der Waals surface area contributed by atoms with Crippen LogP contribution >= 0.6 is 0 Å². The van der Waals surface area contributed by atoms with E-state index in [9.17, 15) is 0 Å². The van der Waals surface area contributed by atoms with Crippen LogP contribution in [0.4, 0.5) is 0 Å². The number of aliphatic imine (C=N–C) groups is 1. The highest BCUT2D eigenvalue weighted by Gasteiger charge is 2.18. The van der Waals surface area contributed by atoms with Crippen LogP contribution in [0.1, 0.15) is 16.8 Å². The second-order valence-corrected chi connectivity index (χ2v) is 5.65. The van der Waals surface area contributed by atoms with E-state index in [2.05, 4.69) is 35.3 Å². The molecule has 0 bridgehead atoms. The van der Waals surface area contributed by atoms with Gasteiger partial charge in [-0.05, 0) is 35.8 Å². The van der Waals surface area contributed by atoms with Crippen molar-refractivity contribution in [3.63, 3.8) is 0 Å². The number of benzene rings is 2. The number of aromatic amines is 1. The fourth-order valence-corrected chi connectivity index (χ4v) is 3.08. The Labute approximate surface area is 135 Å². The van der Waals surface area contributed by atoms with Gasteiger partial charge in [0.2, 0.25) is 0 Å². The average Bonchev–Trinajstić information content (AvgIpc) is 2.99. The standard InChI is InChI=1S/C20H18N2O/c1-23-15-8-9-16-17-11-12-21-18(20(17)22-19(16)13-15)10-7-14-5-3-2-4-6-14/h2-10,13,22H,11-12H2,1H3/b10-7-. The molecule has 0 atom stereocenters. The Hall–Kier alpha value is -2.81. The van der Waals surface area contributed by atoms with Crippen molar-refractivity contribution in [1.82, 2.24) is 4.98 Å². The Morgan fingerprint density at radius 1 is 1.09 bits per heavy atom. The van der Waals surface area contributed by atoms with Gasteiger partial charge in [-0.1, -0.05) is 36.4 Å². The molecular weight excluding hydrogens is 284 g/mol. The fraction of sp³-hybridized carbons (Fsp3) is 0.150. The number of ether oxygens (including phenoxy) is 1. The van der Waals surface area contributed by atoms with Crippen LogP contribution in [0.3, 0.4) is 0 Å². The molecule has 3 aromatic rings. The zero-order valence-electron chi connectivity index (χ0n) is 13.0. The molecule has 1 aliphatic heterocycles. The van der Waals surface area contributed by atoms with Crippen molar-refractivity contribution in [2.75, 3.05) is 13.7 Å². The highest BCUT2D eigenvalue weighted by Crippen LogP contribution is 2.29. The van der Waals surface area contributed by atoms with Crippen LogP contribution < -0.4 is 4.74 Å². The molecule has 1 aromatic heterocycles. The van der Waals surface area contributed by atoms with E-state index in [0.29, 0.717) is 0 Å². The smallest absolute Gasteiger partial charge is 0.120 e. The first-order valence-electron chi connectivity index (χ1n) is 7.82. The number of hydrogen-bond donors (Lipinski definition) is 1. The summed E-state index contributed by atoms with van der Waals surface area (Å²) in [6.07, 6.45) is 5.18. The minimum absolute atomic E-state index is 0.834. The van der Waals surface area contributed by atoms with Gasteiger partial charge in [-0.25, -0.2) is 0 Å². The lowest BCUT2D eigenvalue weighted by Crippen LogP contribution is -2.09. The van der Waals surface area contributed by atoms with Gasteiger partial charge in [-0.3, -0.25) is 4.99 Å². The van der Waals surface area contributed by atoms with Crippen molar-refractivity contribution < 1.29 is 4.74 Å². The number of nitrogens with one attached hydrogen (secondary N) is 1. The molecule has 23 heavy (non-hydrogen) atoms. The molecule has 2 heterocycles. The first-order valence-corrected chi connectivity index (χ1v) is 7.82. The summed E-state index contributed by atoms with van der Waals surface area (Å²) in [4.78, 5) is 8.21. The fourth-order valence-electron chi connectivity index (χ4n) is 3.08. The van der Waals surface area contributed by atoms with Crippen molar-refractivity contribution in [3.8, 4) is 5.75 Å². The van der Waals surface area contributed by atoms with Gasteiger partial charge in [0.25, 0.3) is 0 Å². The molecule has 0 saturated carbocycles. The lowest BCUT2D eigenvalue weighted by molar-refractivity contribution is 0.415. The summed E-state index contributed by atoms with van der Waals surface area (Å²) in [5.41, 5.74) is 5.79. The Morgan fingerprint density at radius 2 is 1.96 bits per heavy atom. The van der Waals surface area contributed by atoms with E-state index in [1.807, 2.05) is 30.3 Å². The van der Waals surface area contributed by atoms with Crippen LogP contribution in [0.15, 0.2) is 59.6 Å². The normalized spacial score (nSPS) is 14.0. The third-order valence-corrected chi connectivity index (χ3v) is 4.25. The molecule has 1 aliphatic rings. The molecule has 3 nitrogen and oxygen atoms in total. The van der Waals surface area contributed by atoms with Crippen molar-refractivity contribution >= 4 is 22.7 Å². The van der Waals surface area contributed by atoms with Gasteiger partial charge in [0.05, 0.1) is 18.5 Å². The molecule has 1 N–H and O–H groups in total. The predicted octanol–water partition coefficient (Wildman–Crippen LogP) is 4.24. The van der Waals surface area contributed by atoms with Gasteiger partial charge in [0, 0.05) is 23.5 Å². The van der Waals surface area contributed by atoms with Crippen LogP contribution in [0.2, 0.25) is 0 Å². The van der Waals surface area contributed by atoms with Gasteiger partial charge >= 0.3 is 0 Å². The highest BCUT2D eigenvalue weighted by molar-refractivity contribution is 6.14. The maximum Gasteiger partial charge on any atom is 0.120 e. The maximum atomic E-state index is 5.32. The first-order chi connectivity index (χ1) is 11.3. The summed E-state index contributed by atoms with van der Waals surface area (Å²) in [6.45, 7) is 0.834. The molecule has 0 fully saturated rings. The largest absolute Gasteiger partial charge is 0.497 e. The van der Waals surface area contributed by atoms with Crippen LogP contribution in [0.5, 0.6) is 5.75 Å². The first kappa shape index (κ1) is 13.8. The van der Waals surface area contributed by atoms with Crippen LogP contribution in [-0.2, 0) is 6.42 Å². The summed E-state index contributed by atoms with van der Waals surface area (Å²) in [6, 6.07) is 16.5. The van der Waals surface area contributed by atoms with E-state index in [4.69, 9.17) is 9.73 Å². The zero-order valence-corrected chi connectivity index (χ0v) is 13.0. The Balaban J connectivity index is 1.75. The summed E-state index contributed by atoms with van der Waals surface area (Å²) >= 11 is 0. The molecule has 0 saturated heterocycles. The maximum absolute atomic E-state index is 5.32. The van der Waals surface area contributed by atoms with E-state index in [1.165, 1.54) is 16.5 Å². The second-order valence-electron chi connectivity index (χ2n) is 5.65. The van der Waals surface area contributed by atoms with E-state index in [-0.39, 0.29) is 0 Å². The quantitative estimate of drug-likeness (QED) is 0.772.